The number of hydrazone groups is 1. The van der Waals surface area contributed by atoms with Crippen molar-refractivity contribution >= 4 is 33.7 Å². The van der Waals surface area contributed by atoms with Crippen molar-refractivity contribution in [3.63, 3.8) is 0 Å². The van der Waals surface area contributed by atoms with Crippen molar-refractivity contribution in [2.45, 2.75) is 39.2 Å². The molecular formula is C23H26N4O4S. The number of aryl methyl sites for hydroxylation is 1. The van der Waals surface area contributed by atoms with Crippen LogP contribution in [-0.4, -0.2) is 35.9 Å². The van der Waals surface area contributed by atoms with Crippen LogP contribution in [-0.2, 0) is 17.6 Å². The molecule has 0 saturated heterocycles. The van der Waals surface area contributed by atoms with E-state index in [1.165, 1.54) is 22.0 Å². The van der Waals surface area contributed by atoms with Gasteiger partial charge in [0.15, 0.2) is 0 Å². The molecule has 2 aromatic heterocycles. The van der Waals surface area contributed by atoms with E-state index >= 15 is 0 Å². The van der Waals surface area contributed by atoms with Crippen LogP contribution in [0.3, 0.4) is 0 Å². The van der Waals surface area contributed by atoms with Crippen molar-refractivity contribution in [1.82, 2.24) is 15.0 Å². The fraction of sp³-hybridized carbons (Fsp3) is 0.391. The number of thiophene rings is 1. The second-order valence-electron chi connectivity index (χ2n) is 8.01. The number of rotatable bonds is 6. The molecule has 168 valence electrons. The van der Waals surface area contributed by atoms with Crippen LogP contribution >= 0.6 is 11.3 Å². The van der Waals surface area contributed by atoms with Crippen molar-refractivity contribution in [2.24, 2.45) is 11.0 Å². The van der Waals surface area contributed by atoms with Gasteiger partial charge in [-0.05, 0) is 49.8 Å². The lowest BCUT2D eigenvalue weighted by Gasteiger charge is -2.18. The lowest BCUT2D eigenvalue weighted by Crippen LogP contribution is -2.34. The molecule has 0 radical (unpaired) electrons. The molecule has 2 atom stereocenters. The van der Waals surface area contributed by atoms with Gasteiger partial charge in [0.2, 0.25) is 0 Å². The van der Waals surface area contributed by atoms with Gasteiger partial charge in [-0.15, -0.1) is 11.3 Å². The molecule has 1 amide bonds. The van der Waals surface area contributed by atoms with Gasteiger partial charge in [-0.25, -0.2) is 10.4 Å². The van der Waals surface area contributed by atoms with E-state index in [0.29, 0.717) is 28.4 Å². The van der Waals surface area contributed by atoms with Crippen LogP contribution in [0.1, 0.15) is 42.3 Å². The SMILES string of the molecule is COc1ccc(/C=N/NC(=O)[C@H](C)n2cnc3sc4c(c3c2=O)CC[C@H](C)C4)c(OC)c1. The molecule has 2 heterocycles. The standard InChI is InChI=1S/C23H26N4O4S/c1-13-5-8-17-19(9-13)32-22-20(17)23(29)27(12-24-22)14(2)21(28)26-25-11-15-6-7-16(30-3)10-18(15)31-4/h6-7,10-14H,5,8-9H2,1-4H3,(H,26,28)/b25-11+/t13-,14-/m0/s1. The monoisotopic (exact) mass is 454 g/mol. The Hall–Kier alpha value is -3.20. The maximum atomic E-state index is 13.2. The second-order valence-corrected chi connectivity index (χ2v) is 9.09. The first-order valence-corrected chi connectivity index (χ1v) is 11.3. The molecule has 8 nitrogen and oxygen atoms in total. The maximum absolute atomic E-state index is 13.2. The molecule has 4 rings (SSSR count). The Labute approximate surface area is 189 Å². The first-order valence-electron chi connectivity index (χ1n) is 10.5. The number of ether oxygens (including phenoxy) is 2. The highest BCUT2D eigenvalue weighted by molar-refractivity contribution is 7.18. The summed E-state index contributed by atoms with van der Waals surface area (Å²) in [5.74, 6) is 1.43. The number of aromatic nitrogens is 2. The van der Waals surface area contributed by atoms with E-state index in [1.807, 2.05) is 0 Å². The first-order chi connectivity index (χ1) is 15.4. The van der Waals surface area contributed by atoms with E-state index in [0.717, 1.165) is 29.7 Å². The Morgan fingerprint density at radius 3 is 2.94 bits per heavy atom. The Morgan fingerprint density at radius 2 is 2.19 bits per heavy atom. The van der Waals surface area contributed by atoms with Crippen molar-refractivity contribution in [2.75, 3.05) is 14.2 Å². The van der Waals surface area contributed by atoms with Gasteiger partial charge in [0.25, 0.3) is 11.5 Å². The molecule has 0 saturated carbocycles. The van der Waals surface area contributed by atoms with Crippen LogP contribution < -0.4 is 20.5 Å². The molecule has 0 fully saturated rings. The number of methoxy groups -OCH3 is 2. The summed E-state index contributed by atoms with van der Waals surface area (Å²) in [5.41, 5.74) is 4.11. The van der Waals surface area contributed by atoms with Gasteiger partial charge in [-0.2, -0.15) is 5.10 Å². The molecule has 1 aliphatic carbocycles. The van der Waals surface area contributed by atoms with Crippen LogP contribution in [0.4, 0.5) is 0 Å². The smallest absolute Gasteiger partial charge is 0.263 e. The van der Waals surface area contributed by atoms with Crippen LogP contribution in [0.5, 0.6) is 11.5 Å². The molecular weight excluding hydrogens is 428 g/mol. The number of carbonyl (C=O) groups is 1. The minimum Gasteiger partial charge on any atom is -0.497 e. The maximum Gasteiger partial charge on any atom is 0.263 e. The van der Waals surface area contributed by atoms with Gasteiger partial charge >= 0.3 is 0 Å². The largest absolute Gasteiger partial charge is 0.497 e. The summed E-state index contributed by atoms with van der Waals surface area (Å²) in [5, 5.41) is 4.69. The Morgan fingerprint density at radius 1 is 1.38 bits per heavy atom. The minimum absolute atomic E-state index is 0.175. The zero-order chi connectivity index (χ0) is 22.8. The average Bonchev–Trinajstić information content (AvgIpc) is 3.17. The van der Waals surface area contributed by atoms with Gasteiger partial charge in [0, 0.05) is 16.5 Å². The van der Waals surface area contributed by atoms with Gasteiger partial charge < -0.3 is 9.47 Å². The first kappa shape index (κ1) is 22.0. The van der Waals surface area contributed by atoms with Gasteiger partial charge in [-0.1, -0.05) is 6.92 Å². The van der Waals surface area contributed by atoms with Crippen molar-refractivity contribution in [3.8, 4) is 11.5 Å². The van der Waals surface area contributed by atoms with Crippen LogP contribution in [0, 0.1) is 5.92 Å². The highest BCUT2D eigenvalue weighted by Gasteiger charge is 2.25. The van der Waals surface area contributed by atoms with Gasteiger partial charge in [0.05, 0.1) is 32.1 Å². The minimum atomic E-state index is -0.757. The number of hydrogen-bond acceptors (Lipinski definition) is 7. The highest BCUT2D eigenvalue weighted by atomic mass is 32.1. The normalized spacial score (nSPS) is 16.7. The number of nitrogens with one attached hydrogen (secondary N) is 1. The van der Waals surface area contributed by atoms with Crippen molar-refractivity contribution in [1.29, 1.82) is 0 Å². The summed E-state index contributed by atoms with van der Waals surface area (Å²) in [7, 11) is 3.12. The summed E-state index contributed by atoms with van der Waals surface area (Å²) in [6, 6.07) is 4.53. The fourth-order valence-corrected chi connectivity index (χ4v) is 5.27. The third-order valence-corrected chi connectivity index (χ3v) is 7.02. The number of carbonyl (C=O) groups excluding carboxylic acids is 1. The fourth-order valence-electron chi connectivity index (χ4n) is 3.93. The zero-order valence-corrected chi connectivity index (χ0v) is 19.4. The van der Waals surface area contributed by atoms with Gasteiger partial charge in [-0.3, -0.25) is 14.2 Å². The summed E-state index contributed by atoms with van der Waals surface area (Å²) in [4.78, 5) is 32.4. The zero-order valence-electron chi connectivity index (χ0n) is 18.5. The molecule has 1 aromatic carbocycles. The summed E-state index contributed by atoms with van der Waals surface area (Å²) in [6.07, 6.45) is 5.87. The third kappa shape index (κ3) is 4.12. The highest BCUT2D eigenvalue weighted by Crippen LogP contribution is 2.35. The Bertz CT molecular complexity index is 1250. The molecule has 0 aliphatic heterocycles. The number of nitrogens with zero attached hydrogens (tertiary/aromatic N) is 3. The van der Waals surface area contributed by atoms with E-state index in [9.17, 15) is 9.59 Å². The Balaban J connectivity index is 1.54. The molecule has 32 heavy (non-hydrogen) atoms. The molecule has 1 aliphatic rings. The molecule has 0 spiro atoms. The van der Waals surface area contributed by atoms with E-state index < -0.39 is 11.9 Å². The number of hydrogen-bond donors (Lipinski definition) is 1. The second kappa shape index (κ2) is 9.12. The van der Waals surface area contributed by atoms with Crippen LogP contribution in [0.25, 0.3) is 10.2 Å². The van der Waals surface area contributed by atoms with E-state index in [4.69, 9.17) is 9.47 Å². The third-order valence-electron chi connectivity index (χ3n) is 5.86. The summed E-state index contributed by atoms with van der Waals surface area (Å²) in [6.45, 7) is 3.89. The predicted octanol–water partition coefficient (Wildman–Crippen LogP) is 3.31. The quantitative estimate of drug-likeness (QED) is 0.455. The Kier molecular flexibility index (Phi) is 6.27. The van der Waals surface area contributed by atoms with Crippen molar-refractivity contribution in [3.05, 3.63) is 50.9 Å². The lowest BCUT2D eigenvalue weighted by molar-refractivity contribution is -0.123. The number of amides is 1. The van der Waals surface area contributed by atoms with Crippen molar-refractivity contribution < 1.29 is 14.3 Å². The average molecular weight is 455 g/mol. The van der Waals surface area contributed by atoms with Crippen LogP contribution in [0.15, 0.2) is 34.4 Å². The molecule has 1 N–H and O–H groups in total. The predicted molar refractivity (Wildman–Crippen MR) is 125 cm³/mol. The molecule has 0 bridgehead atoms. The summed E-state index contributed by atoms with van der Waals surface area (Å²) < 4.78 is 11.9. The summed E-state index contributed by atoms with van der Waals surface area (Å²) >= 11 is 1.59. The molecule has 3 aromatic rings. The van der Waals surface area contributed by atoms with Crippen LogP contribution in [0.2, 0.25) is 0 Å². The van der Waals surface area contributed by atoms with Gasteiger partial charge in [0.1, 0.15) is 22.4 Å². The topological polar surface area (TPSA) is 94.8 Å². The van der Waals surface area contributed by atoms with E-state index in [-0.39, 0.29) is 5.56 Å². The molecule has 9 heteroatoms. The van der Waals surface area contributed by atoms with E-state index in [2.05, 4.69) is 22.4 Å². The molecule has 0 unspecified atom stereocenters. The lowest BCUT2D eigenvalue weighted by atomic mass is 9.89. The number of fused-ring (bicyclic) bond motifs is 3. The van der Waals surface area contributed by atoms with E-state index in [1.54, 1.807) is 50.7 Å². The number of benzene rings is 1.